The van der Waals surface area contributed by atoms with Gasteiger partial charge in [0.05, 0.1) is 0 Å². The predicted octanol–water partition coefficient (Wildman–Crippen LogP) is -3.14. The minimum Gasteiger partial charge on any atom is -0.412 e. The van der Waals surface area contributed by atoms with E-state index in [1.54, 1.807) is 0 Å². The first-order valence-corrected chi connectivity index (χ1v) is 0. The second-order valence-corrected chi connectivity index (χ2v) is 0. The molecule has 0 atom stereocenters. The summed E-state index contributed by atoms with van der Waals surface area (Å²) >= 11 is 0. The quantitative estimate of drug-likeness (QED) is 0.350. The molecule has 0 amide bonds. The van der Waals surface area contributed by atoms with Crippen LogP contribution in [0.15, 0.2) is 0 Å². The van der Waals surface area contributed by atoms with Gasteiger partial charge in [0.1, 0.15) is 0 Å². The maximum Gasteiger partial charge on any atom is 0 e. The minimum atomic E-state index is 0. The first-order chi connectivity index (χ1) is 0. The standard InChI is InChI=1S/Fe.H3N.4H2O/h;1H3;4*1H2. The fraction of sp³-hybridized carbons (Fsp3) is 0. The third-order valence-electron chi connectivity index (χ3n) is 0. The monoisotopic (exact) mass is 145 g/mol. The molecule has 0 aliphatic heterocycles. The summed E-state index contributed by atoms with van der Waals surface area (Å²) in [5.74, 6) is 0. The Bertz CT molecular complexity index is 7.51. The van der Waals surface area contributed by atoms with Crippen molar-refractivity contribution in [3.05, 3.63) is 0 Å². The van der Waals surface area contributed by atoms with Gasteiger partial charge in [-0.3, -0.25) is 0 Å². The van der Waals surface area contributed by atoms with E-state index in [1.165, 1.54) is 0 Å². The van der Waals surface area contributed by atoms with Crippen molar-refractivity contribution in [1.29, 1.82) is 0 Å². The Morgan fingerprint density at radius 2 is 0.500 bits per heavy atom. The van der Waals surface area contributed by atoms with Crippen LogP contribution in [0.1, 0.15) is 0 Å². The van der Waals surface area contributed by atoms with Crippen molar-refractivity contribution in [3.63, 3.8) is 0 Å². The normalized spacial score (nSPS) is 0. The first kappa shape index (κ1) is 1750. The molecular formula is H11FeNO4. The third kappa shape index (κ3) is 466. The van der Waals surface area contributed by atoms with E-state index < -0.39 is 0 Å². The SMILES string of the molecule is N.O.O.O.O.[Fe]. The summed E-state index contributed by atoms with van der Waals surface area (Å²) in [5.41, 5.74) is 0. The van der Waals surface area contributed by atoms with Crippen molar-refractivity contribution in [2.24, 2.45) is 0 Å². The molecule has 0 aliphatic rings. The second kappa shape index (κ2) is 972. The van der Waals surface area contributed by atoms with E-state index in [4.69, 9.17) is 0 Å². The maximum absolute atomic E-state index is 0. The fourth-order valence-electron chi connectivity index (χ4n) is 0. The van der Waals surface area contributed by atoms with Crippen LogP contribution in [-0.2, 0) is 17.1 Å². The van der Waals surface area contributed by atoms with Crippen LogP contribution in [0, 0.1) is 0 Å². The van der Waals surface area contributed by atoms with Crippen LogP contribution in [0.4, 0.5) is 0 Å². The van der Waals surface area contributed by atoms with Crippen molar-refractivity contribution in [1.82, 2.24) is 6.15 Å². The summed E-state index contributed by atoms with van der Waals surface area (Å²) in [6, 6.07) is 0. The molecule has 0 unspecified atom stereocenters. The molecular weight excluding hydrogens is 134 g/mol. The van der Waals surface area contributed by atoms with E-state index in [0.29, 0.717) is 0 Å². The van der Waals surface area contributed by atoms with E-state index in [2.05, 4.69) is 0 Å². The number of rotatable bonds is 0. The van der Waals surface area contributed by atoms with Gasteiger partial charge in [-0.2, -0.15) is 0 Å². The largest absolute Gasteiger partial charge is 0.412 e. The molecule has 0 fully saturated rings. The van der Waals surface area contributed by atoms with Crippen LogP contribution in [0.5, 0.6) is 0 Å². The van der Waals surface area contributed by atoms with Crippen molar-refractivity contribution < 1.29 is 39.0 Å². The van der Waals surface area contributed by atoms with E-state index in [9.17, 15) is 0 Å². The zero-order valence-corrected chi connectivity index (χ0v) is 4.16. The van der Waals surface area contributed by atoms with Crippen molar-refractivity contribution in [2.45, 2.75) is 0 Å². The Labute approximate surface area is 46.0 Å². The molecule has 6 heavy (non-hydrogen) atoms. The molecule has 48 valence electrons. The summed E-state index contributed by atoms with van der Waals surface area (Å²) in [7, 11) is 0. The fourth-order valence-corrected chi connectivity index (χ4v) is 0. The first-order valence-electron chi connectivity index (χ1n) is 0. The van der Waals surface area contributed by atoms with Crippen LogP contribution < -0.4 is 6.15 Å². The van der Waals surface area contributed by atoms with Gasteiger partial charge < -0.3 is 28.1 Å². The molecule has 0 bridgehead atoms. The smallest absolute Gasteiger partial charge is 0 e. The van der Waals surface area contributed by atoms with Crippen molar-refractivity contribution >= 4 is 0 Å². The van der Waals surface area contributed by atoms with Crippen LogP contribution in [0.2, 0.25) is 0 Å². The van der Waals surface area contributed by atoms with Crippen molar-refractivity contribution in [3.8, 4) is 0 Å². The Morgan fingerprint density at radius 1 is 0.500 bits per heavy atom. The van der Waals surface area contributed by atoms with Gasteiger partial charge in [0.15, 0.2) is 0 Å². The van der Waals surface area contributed by atoms with Gasteiger partial charge in [-0.05, 0) is 0 Å². The van der Waals surface area contributed by atoms with Crippen LogP contribution >= 0.6 is 0 Å². The summed E-state index contributed by atoms with van der Waals surface area (Å²) in [6.07, 6.45) is 0. The Hall–Kier alpha value is 0.319. The van der Waals surface area contributed by atoms with Gasteiger partial charge in [0, 0.05) is 17.1 Å². The molecule has 0 radical (unpaired) electrons. The van der Waals surface area contributed by atoms with Gasteiger partial charge >= 0.3 is 0 Å². The zero-order chi connectivity index (χ0) is 0. The molecule has 0 spiro atoms. The summed E-state index contributed by atoms with van der Waals surface area (Å²) in [4.78, 5) is 0. The molecule has 6 heteroatoms. The Morgan fingerprint density at radius 3 is 0.500 bits per heavy atom. The van der Waals surface area contributed by atoms with Gasteiger partial charge in [-0.1, -0.05) is 0 Å². The van der Waals surface area contributed by atoms with Gasteiger partial charge in [0.2, 0.25) is 0 Å². The molecule has 0 heterocycles. The summed E-state index contributed by atoms with van der Waals surface area (Å²) in [6.45, 7) is 0. The van der Waals surface area contributed by atoms with E-state index in [0.717, 1.165) is 0 Å². The summed E-state index contributed by atoms with van der Waals surface area (Å²) in [5, 5.41) is 0. The molecule has 0 aromatic heterocycles. The van der Waals surface area contributed by atoms with Gasteiger partial charge in [0.25, 0.3) is 0 Å². The van der Waals surface area contributed by atoms with Crippen LogP contribution in [0.25, 0.3) is 0 Å². The summed E-state index contributed by atoms with van der Waals surface area (Å²) < 4.78 is 0. The van der Waals surface area contributed by atoms with E-state index >= 15 is 0 Å². The average Bonchev–Trinajstić information content (AvgIpc) is 0. The Kier molecular flexibility index (Phi) is 284000. The maximum atomic E-state index is 0. The van der Waals surface area contributed by atoms with Crippen molar-refractivity contribution in [2.75, 3.05) is 0 Å². The van der Waals surface area contributed by atoms with Gasteiger partial charge in [-0.15, -0.1) is 0 Å². The number of hydrogen-bond acceptors (Lipinski definition) is 1. The van der Waals surface area contributed by atoms with Crippen LogP contribution in [-0.4, -0.2) is 21.9 Å². The average molecular weight is 145 g/mol. The number of hydrogen-bond donors (Lipinski definition) is 1. The second-order valence-electron chi connectivity index (χ2n) is 0. The molecule has 0 aliphatic carbocycles. The van der Waals surface area contributed by atoms with E-state index in [1.807, 2.05) is 0 Å². The van der Waals surface area contributed by atoms with Gasteiger partial charge in [-0.25, -0.2) is 0 Å². The molecule has 0 aromatic carbocycles. The molecule has 0 rings (SSSR count). The molecule has 0 saturated heterocycles. The zero-order valence-electron chi connectivity index (χ0n) is 3.06. The molecule has 5 nitrogen and oxygen atoms in total. The third-order valence-corrected chi connectivity index (χ3v) is 0. The predicted molar refractivity (Wildman–Crippen MR) is 19.5 cm³/mol. The van der Waals surface area contributed by atoms with Crippen LogP contribution in [0.3, 0.4) is 0 Å². The molecule has 0 saturated carbocycles. The molecule has 0 aromatic rings. The Balaban J connectivity index is 0. The topological polar surface area (TPSA) is 161 Å². The molecule has 11 N–H and O–H groups in total. The minimum absolute atomic E-state index is 0. The van der Waals surface area contributed by atoms with E-state index in [-0.39, 0.29) is 45.1 Å².